The highest BCUT2D eigenvalue weighted by molar-refractivity contribution is 7.89. The van der Waals surface area contributed by atoms with Crippen molar-refractivity contribution >= 4 is 28.3 Å². The van der Waals surface area contributed by atoms with Crippen LogP contribution in [-0.2, 0) is 17.1 Å². The predicted octanol–water partition coefficient (Wildman–Crippen LogP) is 2.08. The normalized spacial score (nSPS) is 19.4. The molecule has 1 aromatic heterocycles. The molecule has 0 aromatic carbocycles. The number of rotatable bonds is 6. The summed E-state index contributed by atoms with van der Waals surface area (Å²) < 4.78 is 29.0. The van der Waals surface area contributed by atoms with Crippen molar-refractivity contribution in [1.29, 1.82) is 0 Å². The first-order valence-electron chi connectivity index (χ1n) is 10.1. The van der Waals surface area contributed by atoms with Gasteiger partial charge in [0.1, 0.15) is 10.6 Å². The number of carbonyl (C=O) groups excluding carboxylic acids is 1. The van der Waals surface area contributed by atoms with E-state index in [1.807, 2.05) is 4.90 Å². The van der Waals surface area contributed by atoms with Crippen LogP contribution in [0, 0.1) is 5.92 Å². The zero-order valence-corrected chi connectivity index (χ0v) is 18.5. The molecule has 2 aliphatic heterocycles. The third-order valence-corrected chi connectivity index (χ3v) is 7.60. The van der Waals surface area contributed by atoms with Gasteiger partial charge in [-0.2, -0.15) is 4.31 Å². The Kier molecular flexibility index (Phi) is 8.36. The molecule has 2 aliphatic rings. The van der Waals surface area contributed by atoms with E-state index in [0.717, 1.165) is 58.3 Å². The predicted molar refractivity (Wildman–Crippen MR) is 112 cm³/mol. The van der Waals surface area contributed by atoms with Crippen LogP contribution in [0.2, 0.25) is 0 Å². The number of piperidine rings is 2. The Morgan fingerprint density at radius 1 is 1.14 bits per heavy atom. The number of carbonyl (C=O) groups is 1. The highest BCUT2D eigenvalue weighted by Gasteiger charge is 2.30. The van der Waals surface area contributed by atoms with Crippen molar-refractivity contribution in [2.75, 3.05) is 39.3 Å². The fraction of sp³-hybridized carbons (Fsp3) is 0.737. The lowest BCUT2D eigenvalue weighted by atomic mass is 9.96. The van der Waals surface area contributed by atoms with E-state index in [9.17, 15) is 13.2 Å². The van der Waals surface area contributed by atoms with Crippen molar-refractivity contribution in [2.45, 2.75) is 43.9 Å². The number of halogens is 1. The molecular formula is C19H33ClN4O3S. The molecular weight excluding hydrogens is 400 g/mol. The van der Waals surface area contributed by atoms with E-state index < -0.39 is 10.0 Å². The summed E-state index contributed by atoms with van der Waals surface area (Å²) in [5, 5.41) is 3.38. The molecule has 0 atom stereocenters. The van der Waals surface area contributed by atoms with Gasteiger partial charge in [-0.15, -0.1) is 12.4 Å². The van der Waals surface area contributed by atoms with Crippen LogP contribution in [-0.4, -0.2) is 67.4 Å². The lowest BCUT2D eigenvalue weighted by Crippen LogP contribution is -2.41. The fourth-order valence-electron chi connectivity index (χ4n) is 3.99. The van der Waals surface area contributed by atoms with E-state index in [-0.39, 0.29) is 23.2 Å². The molecule has 28 heavy (non-hydrogen) atoms. The van der Waals surface area contributed by atoms with Crippen molar-refractivity contribution in [3.63, 3.8) is 0 Å². The molecule has 0 unspecified atom stereocenters. The van der Waals surface area contributed by atoms with Crippen LogP contribution in [0.15, 0.2) is 17.2 Å². The van der Waals surface area contributed by atoms with Crippen LogP contribution in [0.4, 0.5) is 0 Å². The SMILES string of the molecule is CCNCC1CCN(C(=O)c2cc(S(=O)(=O)N3CCCCC3)cn2C)CC1.Cl. The van der Waals surface area contributed by atoms with Gasteiger partial charge in [-0.25, -0.2) is 8.42 Å². The molecule has 0 aliphatic carbocycles. The minimum atomic E-state index is -3.51. The summed E-state index contributed by atoms with van der Waals surface area (Å²) in [5.74, 6) is 0.539. The van der Waals surface area contributed by atoms with Crippen LogP contribution in [0.1, 0.15) is 49.5 Å². The second-order valence-corrected chi connectivity index (χ2v) is 9.62. The molecule has 1 amide bonds. The average Bonchev–Trinajstić information content (AvgIpc) is 3.09. The standard InChI is InChI=1S/C19H32N4O3S.ClH/c1-3-20-14-16-7-11-22(12-8-16)19(24)18-13-17(15-21(18)2)27(25,26)23-9-5-4-6-10-23;/h13,15-16,20H,3-12,14H2,1-2H3;1H. The van der Waals surface area contributed by atoms with Gasteiger partial charge >= 0.3 is 0 Å². The van der Waals surface area contributed by atoms with E-state index >= 15 is 0 Å². The van der Waals surface area contributed by atoms with E-state index in [2.05, 4.69) is 12.2 Å². The maximum absolute atomic E-state index is 12.9. The van der Waals surface area contributed by atoms with Gasteiger partial charge in [0.25, 0.3) is 5.91 Å². The second-order valence-electron chi connectivity index (χ2n) is 7.68. The number of hydrogen-bond acceptors (Lipinski definition) is 4. The van der Waals surface area contributed by atoms with Gasteiger partial charge in [0, 0.05) is 39.4 Å². The van der Waals surface area contributed by atoms with Gasteiger partial charge in [0.2, 0.25) is 10.0 Å². The quantitative estimate of drug-likeness (QED) is 0.746. The van der Waals surface area contributed by atoms with Gasteiger partial charge in [-0.1, -0.05) is 13.3 Å². The molecule has 3 heterocycles. The number of hydrogen-bond donors (Lipinski definition) is 1. The van der Waals surface area contributed by atoms with Crippen molar-refractivity contribution in [3.05, 3.63) is 18.0 Å². The van der Waals surface area contributed by atoms with Crippen LogP contribution in [0.3, 0.4) is 0 Å². The molecule has 0 saturated carbocycles. The Labute approximate surface area is 174 Å². The molecule has 3 rings (SSSR count). The van der Waals surface area contributed by atoms with Crippen LogP contribution in [0.5, 0.6) is 0 Å². The number of aromatic nitrogens is 1. The zero-order chi connectivity index (χ0) is 19.4. The largest absolute Gasteiger partial charge is 0.345 e. The Hall–Kier alpha value is -1.09. The lowest BCUT2D eigenvalue weighted by molar-refractivity contribution is 0.0680. The zero-order valence-electron chi connectivity index (χ0n) is 16.9. The van der Waals surface area contributed by atoms with Gasteiger partial charge in [-0.3, -0.25) is 4.79 Å². The third-order valence-electron chi connectivity index (χ3n) is 5.74. The number of amides is 1. The first-order valence-corrected chi connectivity index (χ1v) is 11.5. The molecule has 2 saturated heterocycles. The Balaban J connectivity index is 0.00000280. The number of likely N-dealkylation sites (tertiary alicyclic amines) is 1. The molecule has 0 spiro atoms. The smallest absolute Gasteiger partial charge is 0.270 e. The first kappa shape index (κ1) is 23.2. The Morgan fingerprint density at radius 3 is 2.39 bits per heavy atom. The molecule has 0 bridgehead atoms. The van der Waals surface area contributed by atoms with Crippen molar-refractivity contribution in [1.82, 2.24) is 19.1 Å². The second kappa shape index (κ2) is 10.1. The minimum absolute atomic E-state index is 0. The van der Waals surface area contributed by atoms with E-state index in [4.69, 9.17) is 0 Å². The Morgan fingerprint density at radius 2 is 1.79 bits per heavy atom. The lowest BCUT2D eigenvalue weighted by Gasteiger charge is -2.32. The van der Waals surface area contributed by atoms with Crippen LogP contribution in [0.25, 0.3) is 0 Å². The summed E-state index contributed by atoms with van der Waals surface area (Å²) in [6, 6.07) is 1.55. The number of nitrogens with one attached hydrogen (secondary N) is 1. The topological polar surface area (TPSA) is 74.7 Å². The summed E-state index contributed by atoms with van der Waals surface area (Å²) >= 11 is 0. The Bertz CT molecular complexity index is 751. The van der Waals surface area contributed by atoms with Crippen molar-refractivity contribution < 1.29 is 13.2 Å². The fourth-order valence-corrected chi connectivity index (χ4v) is 5.58. The summed E-state index contributed by atoms with van der Waals surface area (Å²) in [6.07, 6.45) is 6.44. The molecule has 2 fully saturated rings. The third kappa shape index (κ3) is 5.09. The van der Waals surface area contributed by atoms with E-state index in [0.29, 0.717) is 24.7 Å². The number of nitrogens with zero attached hydrogens (tertiary/aromatic N) is 3. The number of sulfonamides is 1. The number of aryl methyl sites for hydroxylation is 1. The van der Waals surface area contributed by atoms with Crippen molar-refractivity contribution in [2.24, 2.45) is 13.0 Å². The molecule has 9 heteroatoms. The maximum atomic E-state index is 12.9. The van der Waals surface area contributed by atoms with Crippen LogP contribution >= 0.6 is 12.4 Å². The molecule has 1 N–H and O–H groups in total. The minimum Gasteiger partial charge on any atom is -0.345 e. The highest BCUT2D eigenvalue weighted by Crippen LogP contribution is 2.24. The first-order chi connectivity index (χ1) is 12.9. The van der Waals surface area contributed by atoms with Crippen molar-refractivity contribution in [3.8, 4) is 0 Å². The highest BCUT2D eigenvalue weighted by atomic mass is 35.5. The van der Waals surface area contributed by atoms with Gasteiger partial charge in [-0.05, 0) is 50.8 Å². The molecule has 160 valence electrons. The summed E-state index contributed by atoms with van der Waals surface area (Å²) in [4.78, 5) is 15.0. The molecule has 1 aromatic rings. The summed E-state index contributed by atoms with van der Waals surface area (Å²) in [6.45, 7) is 6.67. The van der Waals surface area contributed by atoms with Gasteiger partial charge in [0.05, 0.1) is 0 Å². The summed E-state index contributed by atoms with van der Waals surface area (Å²) in [5.41, 5.74) is 0.454. The molecule has 7 nitrogen and oxygen atoms in total. The van der Waals surface area contributed by atoms with Gasteiger partial charge in [0.15, 0.2) is 0 Å². The van der Waals surface area contributed by atoms with Crippen LogP contribution < -0.4 is 5.32 Å². The molecule has 0 radical (unpaired) electrons. The van der Waals surface area contributed by atoms with Gasteiger partial charge < -0.3 is 14.8 Å². The average molecular weight is 433 g/mol. The maximum Gasteiger partial charge on any atom is 0.270 e. The monoisotopic (exact) mass is 432 g/mol. The summed E-state index contributed by atoms with van der Waals surface area (Å²) in [7, 11) is -1.76. The van der Waals surface area contributed by atoms with E-state index in [1.54, 1.807) is 28.2 Å². The van der Waals surface area contributed by atoms with E-state index in [1.165, 1.54) is 0 Å².